The fourth-order valence-electron chi connectivity index (χ4n) is 9.69. The lowest BCUT2D eigenvalue weighted by Gasteiger charge is -2.28. The van der Waals surface area contributed by atoms with Crippen molar-refractivity contribution >= 4 is 43.5 Å². The van der Waals surface area contributed by atoms with Crippen LogP contribution in [0.3, 0.4) is 0 Å². The normalized spacial score (nSPS) is 14.6. The molecule has 2 heterocycles. The highest BCUT2D eigenvalue weighted by Crippen LogP contribution is 2.55. The first-order valence-corrected chi connectivity index (χ1v) is 20.2. The highest BCUT2D eigenvalue weighted by atomic mass is 16.3. The summed E-state index contributed by atoms with van der Waals surface area (Å²) in [5, 5.41) is 7.22. The molecule has 276 valence electrons. The monoisotopic (exact) mass is 752 g/mol. The highest BCUT2D eigenvalue weighted by Gasteiger charge is 2.41. The Labute approximate surface area is 341 Å². The Bertz CT molecular complexity index is 3460. The molecule has 59 heavy (non-hydrogen) atoms. The van der Waals surface area contributed by atoms with E-state index in [4.69, 9.17) is 14.4 Å². The third-order valence-electron chi connectivity index (χ3n) is 12.6. The van der Waals surface area contributed by atoms with E-state index in [1.807, 2.05) is 18.2 Å². The van der Waals surface area contributed by atoms with Crippen LogP contribution in [-0.4, -0.2) is 9.97 Å². The molecule has 0 saturated carbocycles. The average molecular weight is 753 g/mol. The van der Waals surface area contributed by atoms with Crippen molar-refractivity contribution in [1.29, 1.82) is 0 Å². The fraction of sp³-hybridized carbons (Fsp3) is 0.0357. The van der Waals surface area contributed by atoms with Crippen molar-refractivity contribution in [3.63, 3.8) is 0 Å². The first-order valence-electron chi connectivity index (χ1n) is 20.2. The van der Waals surface area contributed by atoms with Crippen LogP contribution in [0.4, 0.5) is 0 Å². The first-order chi connectivity index (χ1) is 29.1. The Morgan fingerprint density at radius 2 is 1.07 bits per heavy atom. The minimum atomic E-state index is -0.307. The summed E-state index contributed by atoms with van der Waals surface area (Å²) < 4.78 is 6.56. The van der Waals surface area contributed by atoms with Crippen LogP contribution in [0, 0.1) is 0 Å². The Kier molecular flexibility index (Phi) is 7.36. The molecular weight excluding hydrogens is 717 g/mol. The summed E-state index contributed by atoms with van der Waals surface area (Å²) in [6.45, 7) is 2.36. The molecule has 0 radical (unpaired) electrons. The summed E-state index contributed by atoms with van der Waals surface area (Å²) in [6.07, 6.45) is 0. The molecule has 0 aliphatic heterocycles. The maximum atomic E-state index is 6.56. The number of fused-ring (bicyclic) bond motifs is 10. The molecule has 1 unspecified atom stereocenters. The lowest BCUT2D eigenvalue weighted by Crippen LogP contribution is -2.22. The van der Waals surface area contributed by atoms with Crippen LogP contribution in [0.25, 0.3) is 99.6 Å². The number of hydrogen-bond acceptors (Lipinski definition) is 3. The SMILES string of the molecule is CC1(c2ccccc2)c2ccccc2-c2c(-c3cc(-c4cccc(-c5ccc6c(c5)oc5ccc7c8ccccc8ccc7c56)c4)nc(-c4ccccc4)n3)cccc21. The van der Waals surface area contributed by atoms with Gasteiger partial charge < -0.3 is 4.42 Å². The number of aromatic nitrogens is 2. The molecule has 2 aromatic heterocycles. The van der Waals surface area contributed by atoms with Gasteiger partial charge in [0.15, 0.2) is 5.82 Å². The molecule has 1 atom stereocenters. The standard InChI is InChI=1S/C56H36N2O/c1-56(40-19-6-3-7-20-40)47-24-11-10-22-44(47)53-45(23-13-25-48(53)56)50-34-49(57-55(58-50)36-15-4-2-5-16-36)39-18-12-17-37(32-39)38-27-29-46-52(33-38)59-51-31-30-42-41-21-9-8-14-35(41)26-28-43(42)54(46)51/h2-34H,1H3. The van der Waals surface area contributed by atoms with Gasteiger partial charge in [-0.2, -0.15) is 0 Å². The number of rotatable bonds is 5. The predicted molar refractivity (Wildman–Crippen MR) is 243 cm³/mol. The number of hydrogen-bond donors (Lipinski definition) is 0. The van der Waals surface area contributed by atoms with Crippen molar-refractivity contribution in [2.24, 2.45) is 0 Å². The van der Waals surface area contributed by atoms with Gasteiger partial charge in [0.2, 0.25) is 0 Å². The van der Waals surface area contributed by atoms with Gasteiger partial charge in [-0.1, -0.05) is 170 Å². The van der Waals surface area contributed by atoms with E-state index in [2.05, 4.69) is 189 Å². The minimum Gasteiger partial charge on any atom is -0.456 e. The summed E-state index contributed by atoms with van der Waals surface area (Å²) in [5.74, 6) is 0.696. The smallest absolute Gasteiger partial charge is 0.160 e. The molecule has 3 nitrogen and oxygen atoms in total. The summed E-state index contributed by atoms with van der Waals surface area (Å²) in [7, 11) is 0. The maximum Gasteiger partial charge on any atom is 0.160 e. The van der Waals surface area contributed by atoms with E-state index in [0.29, 0.717) is 5.82 Å². The van der Waals surface area contributed by atoms with Crippen molar-refractivity contribution < 1.29 is 4.42 Å². The van der Waals surface area contributed by atoms with E-state index in [0.717, 1.165) is 61.1 Å². The zero-order valence-electron chi connectivity index (χ0n) is 32.4. The second-order valence-electron chi connectivity index (χ2n) is 15.8. The number of furan rings is 1. The van der Waals surface area contributed by atoms with Crippen molar-refractivity contribution in [1.82, 2.24) is 9.97 Å². The van der Waals surface area contributed by atoms with E-state index in [1.54, 1.807) is 0 Å². The Balaban J connectivity index is 1.00. The zero-order chi connectivity index (χ0) is 39.1. The molecule has 1 aliphatic carbocycles. The van der Waals surface area contributed by atoms with Crippen LogP contribution < -0.4 is 0 Å². The van der Waals surface area contributed by atoms with Gasteiger partial charge in [-0.25, -0.2) is 9.97 Å². The van der Waals surface area contributed by atoms with Gasteiger partial charge in [0.1, 0.15) is 11.2 Å². The van der Waals surface area contributed by atoms with Gasteiger partial charge in [-0.3, -0.25) is 0 Å². The van der Waals surface area contributed by atoms with Gasteiger partial charge in [0.25, 0.3) is 0 Å². The summed E-state index contributed by atoms with van der Waals surface area (Å²) >= 11 is 0. The number of nitrogens with zero attached hydrogens (tertiary/aromatic N) is 2. The Morgan fingerprint density at radius 1 is 0.407 bits per heavy atom. The van der Waals surface area contributed by atoms with Crippen LogP contribution in [-0.2, 0) is 5.41 Å². The summed E-state index contributed by atoms with van der Waals surface area (Å²) in [4.78, 5) is 10.6. The first kappa shape index (κ1) is 33.5. The second kappa shape index (κ2) is 13.0. The van der Waals surface area contributed by atoms with Gasteiger partial charge >= 0.3 is 0 Å². The van der Waals surface area contributed by atoms with Crippen molar-refractivity contribution in [3.8, 4) is 56.2 Å². The van der Waals surface area contributed by atoms with E-state index in [-0.39, 0.29) is 5.41 Å². The van der Waals surface area contributed by atoms with Crippen LogP contribution in [0.1, 0.15) is 23.6 Å². The van der Waals surface area contributed by atoms with E-state index < -0.39 is 0 Å². The molecule has 0 N–H and O–H groups in total. The Hall–Kier alpha value is -7.62. The molecule has 0 amide bonds. The Morgan fingerprint density at radius 3 is 1.97 bits per heavy atom. The molecule has 12 rings (SSSR count). The molecule has 3 heteroatoms. The topological polar surface area (TPSA) is 38.9 Å². The summed E-state index contributed by atoms with van der Waals surface area (Å²) in [6, 6.07) is 71.5. The minimum absolute atomic E-state index is 0.307. The summed E-state index contributed by atoms with van der Waals surface area (Å²) in [5.41, 5.74) is 14.8. The van der Waals surface area contributed by atoms with Crippen molar-refractivity contribution in [2.75, 3.05) is 0 Å². The molecule has 0 spiro atoms. The van der Waals surface area contributed by atoms with Crippen molar-refractivity contribution in [2.45, 2.75) is 12.3 Å². The van der Waals surface area contributed by atoms with Gasteiger partial charge in [0, 0.05) is 32.9 Å². The van der Waals surface area contributed by atoms with Crippen LogP contribution in [0.2, 0.25) is 0 Å². The lowest BCUT2D eigenvalue weighted by molar-refractivity contribution is 0.669. The third-order valence-corrected chi connectivity index (χ3v) is 12.6. The van der Waals surface area contributed by atoms with Gasteiger partial charge in [-0.05, 0) is 97.7 Å². The molecule has 0 bridgehead atoms. The van der Waals surface area contributed by atoms with E-state index >= 15 is 0 Å². The van der Waals surface area contributed by atoms with Crippen molar-refractivity contribution in [3.05, 3.63) is 217 Å². The number of benzene rings is 9. The molecule has 1 aliphatic rings. The fourth-order valence-corrected chi connectivity index (χ4v) is 9.69. The largest absolute Gasteiger partial charge is 0.456 e. The lowest BCUT2D eigenvalue weighted by atomic mass is 9.74. The molecular formula is C56H36N2O. The average Bonchev–Trinajstić information content (AvgIpc) is 3.82. The highest BCUT2D eigenvalue weighted by molar-refractivity contribution is 6.23. The third kappa shape index (κ3) is 5.15. The molecule has 9 aromatic carbocycles. The zero-order valence-corrected chi connectivity index (χ0v) is 32.4. The maximum absolute atomic E-state index is 6.56. The van der Waals surface area contributed by atoms with Crippen LogP contribution in [0.5, 0.6) is 0 Å². The van der Waals surface area contributed by atoms with Gasteiger partial charge in [-0.15, -0.1) is 0 Å². The molecule has 0 saturated heterocycles. The van der Waals surface area contributed by atoms with Gasteiger partial charge in [0.05, 0.1) is 11.4 Å². The van der Waals surface area contributed by atoms with E-state index in [9.17, 15) is 0 Å². The molecule has 0 fully saturated rings. The molecule has 11 aromatic rings. The quantitative estimate of drug-likeness (QED) is 0.164. The predicted octanol–water partition coefficient (Wildman–Crippen LogP) is 14.7. The van der Waals surface area contributed by atoms with Crippen LogP contribution >= 0.6 is 0 Å². The second-order valence-corrected chi connectivity index (χ2v) is 15.8. The van der Waals surface area contributed by atoms with Crippen LogP contribution in [0.15, 0.2) is 205 Å². The van der Waals surface area contributed by atoms with E-state index in [1.165, 1.54) is 49.4 Å².